The van der Waals surface area contributed by atoms with Crippen LogP contribution in [0.2, 0.25) is 0 Å². The Morgan fingerprint density at radius 2 is 2.00 bits per heavy atom. The Bertz CT molecular complexity index is 360. The standard InChI is InChI=1S/C12H16O4/c1-4-7-16-11-8-9(12(13)15-3)5-6-10(11)14-2/h5-6,8H,4,7H2,1-3H3. The van der Waals surface area contributed by atoms with Crippen molar-refractivity contribution in [2.45, 2.75) is 13.3 Å². The normalized spacial score (nSPS) is 9.69. The predicted octanol–water partition coefficient (Wildman–Crippen LogP) is 2.27. The van der Waals surface area contributed by atoms with Crippen LogP contribution in [-0.4, -0.2) is 26.8 Å². The van der Waals surface area contributed by atoms with Crippen LogP contribution in [0.15, 0.2) is 18.2 Å². The molecule has 0 fully saturated rings. The van der Waals surface area contributed by atoms with Crippen molar-refractivity contribution in [1.29, 1.82) is 0 Å². The van der Waals surface area contributed by atoms with Gasteiger partial charge in [0.25, 0.3) is 0 Å². The molecule has 0 aromatic heterocycles. The molecule has 0 bridgehead atoms. The molecule has 0 aliphatic rings. The molecule has 0 radical (unpaired) electrons. The van der Waals surface area contributed by atoms with Crippen molar-refractivity contribution in [2.75, 3.05) is 20.8 Å². The molecule has 88 valence electrons. The van der Waals surface area contributed by atoms with Crippen LogP contribution in [0.1, 0.15) is 23.7 Å². The van der Waals surface area contributed by atoms with E-state index in [0.29, 0.717) is 23.7 Å². The first kappa shape index (κ1) is 12.4. The van der Waals surface area contributed by atoms with E-state index in [2.05, 4.69) is 4.74 Å². The summed E-state index contributed by atoms with van der Waals surface area (Å²) >= 11 is 0. The average Bonchev–Trinajstić information content (AvgIpc) is 2.34. The average molecular weight is 224 g/mol. The number of ether oxygens (including phenoxy) is 3. The summed E-state index contributed by atoms with van der Waals surface area (Å²) in [4.78, 5) is 11.3. The lowest BCUT2D eigenvalue weighted by Gasteiger charge is -2.10. The zero-order chi connectivity index (χ0) is 12.0. The van der Waals surface area contributed by atoms with E-state index < -0.39 is 0 Å². The highest BCUT2D eigenvalue weighted by Gasteiger charge is 2.10. The van der Waals surface area contributed by atoms with Crippen molar-refractivity contribution in [3.8, 4) is 11.5 Å². The molecule has 0 unspecified atom stereocenters. The van der Waals surface area contributed by atoms with Crippen LogP contribution in [-0.2, 0) is 4.74 Å². The van der Waals surface area contributed by atoms with Crippen molar-refractivity contribution < 1.29 is 19.0 Å². The Morgan fingerprint density at radius 1 is 1.25 bits per heavy atom. The molecule has 16 heavy (non-hydrogen) atoms. The number of rotatable bonds is 5. The highest BCUT2D eigenvalue weighted by atomic mass is 16.5. The molecule has 1 aromatic carbocycles. The maximum atomic E-state index is 11.3. The van der Waals surface area contributed by atoms with Gasteiger partial charge in [0.15, 0.2) is 11.5 Å². The summed E-state index contributed by atoms with van der Waals surface area (Å²) < 4.78 is 15.2. The van der Waals surface area contributed by atoms with Gasteiger partial charge in [-0.25, -0.2) is 4.79 Å². The van der Waals surface area contributed by atoms with Gasteiger partial charge in [-0.3, -0.25) is 0 Å². The van der Waals surface area contributed by atoms with Gasteiger partial charge in [0, 0.05) is 0 Å². The fourth-order valence-electron chi connectivity index (χ4n) is 1.25. The van der Waals surface area contributed by atoms with Gasteiger partial charge in [-0.1, -0.05) is 6.92 Å². The minimum atomic E-state index is -0.385. The lowest BCUT2D eigenvalue weighted by atomic mass is 10.2. The minimum Gasteiger partial charge on any atom is -0.493 e. The van der Waals surface area contributed by atoms with Crippen molar-refractivity contribution in [2.24, 2.45) is 0 Å². The van der Waals surface area contributed by atoms with E-state index in [1.165, 1.54) is 7.11 Å². The molecular formula is C12H16O4. The van der Waals surface area contributed by atoms with Crippen LogP contribution in [0.5, 0.6) is 11.5 Å². The van der Waals surface area contributed by atoms with Crippen LogP contribution in [0.25, 0.3) is 0 Å². The molecule has 0 aliphatic carbocycles. The molecular weight excluding hydrogens is 208 g/mol. The molecule has 0 saturated carbocycles. The van der Waals surface area contributed by atoms with Crippen LogP contribution in [0, 0.1) is 0 Å². The second-order valence-corrected chi connectivity index (χ2v) is 3.21. The summed E-state index contributed by atoms with van der Waals surface area (Å²) in [5.74, 6) is 0.789. The van der Waals surface area contributed by atoms with Gasteiger partial charge < -0.3 is 14.2 Å². The number of hydrogen-bond donors (Lipinski definition) is 0. The number of carbonyl (C=O) groups is 1. The highest BCUT2D eigenvalue weighted by molar-refractivity contribution is 5.90. The van der Waals surface area contributed by atoms with Crippen LogP contribution in [0.3, 0.4) is 0 Å². The Balaban J connectivity index is 2.96. The van der Waals surface area contributed by atoms with Crippen LogP contribution >= 0.6 is 0 Å². The zero-order valence-corrected chi connectivity index (χ0v) is 9.78. The summed E-state index contributed by atoms with van der Waals surface area (Å²) in [5, 5.41) is 0. The monoisotopic (exact) mass is 224 g/mol. The van der Waals surface area contributed by atoms with Gasteiger partial charge in [0.1, 0.15) is 0 Å². The van der Waals surface area contributed by atoms with Gasteiger partial charge in [-0.2, -0.15) is 0 Å². The van der Waals surface area contributed by atoms with Crippen molar-refractivity contribution in [3.05, 3.63) is 23.8 Å². The predicted molar refractivity (Wildman–Crippen MR) is 60.1 cm³/mol. The van der Waals surface area contributed by atoms with E-state index in [9.17, 15) is 4.79 Å². The topological polar surface area (TPSA) is 44.8 Å². The Hall–Kier alpha value is -1.71. The van der Waals surface area contributed by atoms with Gasteiger partial charge in [-0.05, 0) is 24.6 Å². The maximum absolute atomic E-state index is 11.3. The molecule has 1 rings (SSSR count). The summed E-state index contributed by atoms with van der Waals surface area (Å²) in [5.41, 5.74) is 0.453. The van der Waals surface area contributed by atoms with Gasteiger partial charge in [0.2, 0.25) is 0 Å². The first-order valence-electron chi connectivity index (χ1n) is 5.12. The third-order valence-electron chi connectivity index (χ3n) is 2.05. The van der Waals surface area contributed by atoms with E-state index in [4.69, 9.17) is 9.47 Å². The lowest BCUT2D eigenvalue weighted by Crippen LogP contribution is -2.03. The number of carbonyl (C=O) groups excluding carboxylic acids is 1. The number of benzene rings is 1. The molecule has 0 aliphatic heterocycles. The fraction of sp³-hybridized carbons (Fsp3) is 0.417. The van der Waals surface area contributed by atoms with E-state index in [-0.39, 0.29) is 5.97 Å². The molecule has 0 spiro atoms. The number of esters is 1. The first-order chi connectivity index (χ1) is 7.72. The molecule has 1 aromatic rings. The summed E-state index contributed by atoms with van der Waals surface area (Å²) in [6.45, 7) is 2.59. The van der Waals surface area contributed by atoms with E-state index in [1.807, 2.05) is 6.92 Å². The smallest absolute Gasteiger partial charge is 0.337 e. The third kappa shape index (κ3) is 2.89. The van der Waals surface area contributed by atoms with Crippen LogP contribution in [0.4, 0.5) is 0 Å². The second kappa shape index (κ2) is 6.00. The number of hydrogen-bond acceptors (Lipinski definition) is 4. The third-order valence-corrected chi connectivity index (χ3v) is 2.05. The molecule has 0 N–H and O–H groups in total. The van der Waals surface area contributed by atoms with Crippen LogP contribution < -0.4 is 9.47 Å². The Morgan fingerprint density at radius 3 is 2.56 bits per heavy atom. The largest absolute Gasteiger partial charge is 0.493 e. The fourth-order valence-corrected chi connectivity index (χ4v) is 1.25. The molecule has 0 atom stereocenters. The van der Waals surface area contributed by atoms with E-state index in [1.54, 1.807) is 25.3 Å². The maximum Gasteiger partial charge on any atom is 0.337 e. The quantitative estimate of drug-likeness (QED) is 0.720. The lowest BCUT2D eigenvalue weighted by molar-refractivity contribution is 0.0600. The Kier molecular flexibility index (Phi) is 4.64. The van der Waals surface area contributed by atoms with E-state index >= 15 is 0 Å². The summed E-state index contributed by atoms with van der Waals surface area (Å²) in [6.07, 6.45) is 0.894. The van der Waals surface area contributed by atoms with Crippen molar-refractivity contribution in [1.82, 2.24) is 0 Å². The zero-order valence-electron chi connectivity index (χ0n) is 9.78. The van der Waals surface area contributed by atoms with E-state index in [0.717, 1.165) is 6.42 Å². The minimum absolute atomic E-state index is 0.385. The Labute approximate surface area is 95.1 Å². The van der Waals surface area contributed by atoms with Crippen molar-refractivity contribution in [3.63, 3.8) is 0 Å². The molecule has 0 amide bonds. The van der Waals surface area contributed by atoms with Gasteiger partial charge >= 0.3 is 5.97 Å². The highest BCUT2D eigenvalue weighted by Crippen LogP contribution is 2.28. The van der Waals surface area contributed by atoms with Gasteiger partial charge in [0.05, 0.1) is 26.4 Å². The summed E-state index contributed by atoms with van der Waals surface area (Å²) in [7, 11) is 2.91. The van der Waals surface area contributed by atoms with Crippen molar-refractivity contribution >= 4 is 5.97 Å². The molecule has 4 nitrogen and oxygen atoms in total. The number of methoxy groups -OCH3 is 2. The SMILES string of the molecule is CCCOc1cc(C(=O)OC)ccc1OC. The summed E-state index contributed by atoms with van der Waals surface area (Å²) in [6, 6.07) is 4.96. The second-order valence-electron chi connectivity index (χ2n) is 3.21. The molecule has 0 heterocycles. The molecule has 4 heteroatoms. The molecule has 0 saturated heterocycles. The first-order valence-corrected chi connectivity index (χ1v) is 5.12. The van der Waals surface area contributed by atoms with Gasteiger partial charge in [-0.15, -0.1) is 0 Å².